The topological polar surface area (TPSA) is 9.23 Å². The van der Waals surface area contributed by atoms with Crippen molar-refractivity contribution < 1.29 is 55.4 Å². The molecule has 0 fully saturated rings. The van der Waals surface area contributed by atoms with Crippen LogP contribution in [0.15, 0.2) is 58.3 Å². The summed E-state index contributed by atoms with van der Waals surface area (Å²) in [5, 5.41) is 1.58. The second kappa shape index (κ2) is 11.8. The Bertz CT molecular complexity index is 873. The van der Waals surface area contributed by atoms with E-state index in [2.05, 4.69) is 89.1 Å². The van der Waals surface area contributed by atoms with Gasteiger partial charge in [0, 0.05) is 6.61 Å². The maximum atomic E-state index is 6.14. The van der Waals surface area contributed by atoms with Gasteiger partial charge in [0.25, 0.3) is 0 Å². The first-order valence-corrected chi connectivity index (χ1v) is 16.7. The fraction of sp³-hybridized carbons (Fsp3) is 0.417. The van der Waals surface area contributed by atoms with E-state index in [1.54, 1.807) is 5.20 Å². The van der Waals surface area contributed by atoms with Crippen molar-refractivity contribution in [3.05, 3.63) is 75.5 Å². The molecule has 1 aromatic rings. The molecule has 1 nitrogen and oxygen atoms in total. The van der Waals surface area contributed by atoms with Gasteiger partial charge in [-0.25, -0.2) is 0 Å². The van der Waals surface area contributed by atoms with Gasteiger partial charge in [-0.3, -0.25) is 0 Å². The molecule has 0 N–H and O–H groups in total. The third-order valence-electron chi connectivity index (χ3n) is 5.44. The summed E-state index contributed by atoms with van der Waals surface area (Å²) in [5.74, 6) is 0. The van der Waals surface area contributed by atoms with Gasteiger partial charge in [-0.05, 0) is 32.1 Å². The van der Waals surface area contributed by atoms with E-state index in [0.29, 0.717) is 0 Å². The molecule has 6 heteroatoms. The number of hydrogen-bond donors (Lipinski definition) is 0. The quantitative estimate of drug-likeness (QED) is 0.375. The minimum Gasteiger partial charge on any atom is -1.00 e. The summed E-state index contributed by atoms with van der Waals surface area (Å²) >= 11 is 0. The van der Waals surface area contributed by atoms with Crippen LogP contribution in [0.1, 0.15) is 31.4 Å². The van der Waals surface area contributed by atoms with Crippen molar-refractivity contribution in [3.8, 4) is 0 Å². The van der Waals surface area contributed by atoms with Crippen molar-refractivity contribution in [1.29, 1.82) is 0 Å². The predicted molar refractivity (Wildman–Crippen MR) is 123 cm³/mol. The van der Waals surface area contributed by atoms with E-state index in [4.69, 9.17) is 4.43 Å². The van der Waals surface area contributed by atoms with Gasteiger partial charge in [-0.1, -0.05) is 62.5 Å². The number of allylic oxidation sites excluding steroid dienone is 7. The van der Waals surface area contributed by atoms with Gasteiger partial charge >= 0.3 is 26.2 Å². The van der Waals surface area contributed by atoms with E-state index < -0.39 is 16.4 Å². The Morgan fingerprint density at radius 3 is 2.27 bits per heavy atom. The summed E-state index contributed by atoms with van der Waals surface area (Å²) in [5.41, 5.74) is 8.07. The van der Waals surface area contributed by atoms with Crippen molar-refractivity contribution in [1.82, 2.24) is 0 Å². The molecule has 2 aliphatic carbocycles. The van der Waals surface area contributed by atoms with Crippen molar-refractivity contribution in [2.75, 3.05) is 6.61 Å². The maximum absolute atomic E-state index is 6.14. The first-order valence-electron chi connectivity index (χ1n) is 10.1. The molecule has 2 aliphatic rings. The largest absolute Gasteiger partial charge is 3.00 e. The number of halogens is 2. The van der Waals surface area contributed by atoms with Gasteiger partial charge in [0.2, 0.25) is 0 Å². The molecule has 0 saturated carbocycles. The average Bonchev–Trinajstić information content (AvgIpc) is 3.18. The predicted octanol–water partition coefficient (Wildman–Crippen LogP) is 0.932. The molecule has 1 radical (unpaired) electrons. The summed E-state index contributed by atoms with van der Waals surface area (Å²) in [6, 6.07) is 9.85. The molecule has 161 valence electrons. The van der Waals surface area contributed by atoms with E-state index in [1.165, 1.54) is 39.5 Å². The normalized spacial score (nSPS) is 15.2. The standard InChI is InChI=1S/C24H33OSi2.2ClH.Zr/c1-18(2)24-22-11-9-8-10-19(22)17-23(24)20-12-13-21(16-20)27(6,7)15-14-25-26(3,4)5;;;/h8-11,13,16H,12,14-15H2,1-7H3;2*1H;/q-1;;;+3/p-2. The summed E-state index contributed by atoms with van der Waals surface area (Å²) < 4.78 is 6.14. The molecule has 0 aliphatic heterocycles. The van der Waals surface area contributed by atoms with Crippen LogP contribution in [-0.2, 0) is 30.6 Å². The fourth-order valence-electron chi connectivity index (χ4n) is 3.83. The Morgan fingerprint density at radius 2 is 1.67 bits per heavy atom. The number of rotatable bonds is 6. The van der Waals surface area contributed by atoms with E-state index in [0.717, 1.165) is 13.0 Å². The van der Waals surface area contributed by atoms with Crippen molar-refractivity contribution in [3.63, 3.8) is 0 Å². The molecule has 3 rings (SSSR count). The monoisotopic (exact) mass is 553 g/mol. The van der Waals surface area contributed by atoms with Crippen LogP contribution >= 0.6 is 0 Å². The van der Waals surface area contributed by atoms with Crippen molar-refractivity contribution in [2.45, 2.75) is 59.0 Å². The van der Waals surface area contributed by atoms with Gasteiger partial charge < -0.3 is 29.2 Å². The molecule has 0 bridgehead atoms. The van der Waals surface area contributed by atoms with Crippen LogP contribution in [0.5, 0.6) is 0 Å². The van der Waals surface area contributed by atoms with Gasteiger partial charge in [0.1, 0.15) is 0 Å². The third kappa shape index (κ3) is 7.02. The van der Waals surface area contributed by atoms with Gasteiger partial charge in [0.05, 0.1) is 8.07 Å². The second-order valence-corrected chi connectivity index (χ2v) is 18.9. The van der Waals surface area contributed by atoms with Crippen molar-refractivity contribution in [2.24, 2.45) is 0 Å². The average molecular weight is 556 g/mol. The van der Waals surface area contributed by atoms with Crippen molar-refractivity contribution >= 4 is 22.0 Å². The van der Waals surface area contributed by atoms with Crippen LogP contribution in [0.3, 0.4) is 0 Å². The van der Waals surface area contributed by atoms with Crippen LogP contribution in [0.4, 0.5) is 0 Å². The third-order valence-corrected chi connectivity index (χ3v) is 9.88. The molecule has 0 amide bonds. The number of benzene rings is 1. The number of fused-ring (bicyclic) bond motifs is 1. The molecule has 1 aromatic carbocycles. The van der Waals surface area contributed by atoms with E-state index in [1.807, 2.05) is 0 Å². The summed E-state index contributed by atoms with van der Waals surface area (Å²) in [4.78, 5) is 0. The molecule has 30 heavy (non-hydrogen) atoms. The minimum absolute atomic E-state index is 0. The SMILES string of the molecule is CC(C)=C1C(C2=CC([Si](C)(C)CCO[Si](C)(C)C)=CC2)=[C-]c2ccccc21.[Cl-].[Cl-].[Zr+3]. The molecular formula is C24H33Cl2OSi2Zr. The van der Waals surface area contributed by atoms with Crippen LogP contribution in [0.2, 0.25) is 38.8 Å². The molecule has 0 heterocycles. The fourth-order valence-corrected chi connectivity index (χ4v) is 6.87. The van der Waals surface area contributed by atoms with E-state index in [-0.39, 0.29) is 51.0 Å². The minimum atomic E-state index is -1.47. The summed E-state index contributed by atoms with van der Waals surface area (Å²) in [7, 11) is -2.89. The first-order chi connectivity index (χ1) is 12.6. The van der Waals surface area contributed by atoms with Gasteiger partial charge in [-0.2, -0.15) is 0 Å². The molecule has 0 unspecified atom stereocenters. The van der Waals surface area contributed by atoms with Crippen LogP contribution in [0.25, 0.3) is 5.57 Å². The maximum Gasteiger partial charge on any atom is 3.00 e. The second-order valence-electron chi connectivity index (χ2n) is 9.55. The van der Waals surface area contributed by atoms with E-state index in [9.17, 15) is 0 Å². The summed E-state index contributed by atoms with van der Waals surface area (Å²) in [6.07, 6.45) is 9.67. The van der Waals surface area contributed by atoms with Gasteiger partial charge in [0.15, 0.2) is 8.32 Å². The Balaban J connectivity index is 0.00000280. The summed E-state index contributed by atoms with van der Waals surface area (Å²) in [6.45, 7) is 17.1. The molecule has 0 atom stereocenters. The molecule has 0 aromatic heterocycles. The zero-order chi connectivity index (χ0) is 19.8. The zero-order valence-electron chi connectivity index (χ0n) is 19.2. The van der Waals surface area contributed by atoms with Crippen LogP contribution in [-0.4, -0.2) is 23.0 Å². The molecular weight excluding hydrogens is 523 g/mol. The zero-order valence-corrected chi connectivity index (χ0v) is 25.2. The Kier molecular flexibility index (Phi) is 11.8. The Hall–Kier alpha value is 0.0369. The number of hydrogen-bond acceptors (Lipinski definition) is 1. The van der Waals surface area contributed by atoms with Crippen LogP contribution < -0.4 is 24.8 Å². The molecule has 0 saturated heterocycles. The smallest absolute Gasteiger partial charge is 1.00 e. The Labute approximate surface area is 217 Å². The van der Waals surface area contributed by atoms with Crippen LogP contribution in [0, 0.1) is 6.08 Å². The van der Waals surface area contributed by atoms with Gasteiger partial charge in [-0.15, -0.1) is 45.6 Å². The van der Waals surface area contributed by atoms with E-state index >= 15 is 0 Å². The molecule has 0 spiro atoms. The Morgan fingerprint density at radius 1 is 1.03 bits per heavy atom. The first kappa shape index (κ1) is 30.0.